The predicted molar refractivity (Wildman–Crippen MR) is 148 cm³/mol. The average Bonchev–Trinajstić information content (AvgIpc) is 2.86. The molecule has 0 aromatic carbocycles. The molecule has 0 spiro atoms. The summed E-state index contributed by atoms with van der Waals surface area (Å²) in [6.07, 6.45) is 5.67. The quantitative estimate of drug-likeness (QED) is 0.467. The number of likely N-dealkylation sites (tertiary alicyclic amines) is 1. The number of nitrogens with one attached hydrogen (secondary N) is 2. The third kappa shape index (κ3) is 7.93. The summed E-state index contributed by atoms with van der Waals surface area (Å²) >= 11 is 0. The van der Waals surface area contributed by atoms with Crippen molar-refractivity contribution in [3.8, 4) is 5.75 Å². The molecule has 1 aromatic rings. The number of aromatic nitrogens is 1. The second kappa shape index (κ2) is 12.5. The maximum atomic E-state index is 12.5. The van der Waals surface area contributed by atoms with E-state index in [4.69, 9.17) is 9.47 Å². The van der Waals surface area contributed by atoms with Gasteiger partial charge in [0.1, 0.15) is 29.2 Å². The molecule has 2 aliphatic heterocycles. The monoisotopic (exact) mass is 557 g/mol. The standard InChI is InChI=1S/C29H43N5O6/c1-18(2)34(17-19-10-12-33(13-11-19)28(38)40-29(3,4)5)20-14-22(15-20)39-21-6-7-23(30-16-21)26(36)31-24-8-9-25(35)32-27(24)37/h6-7,16,18-20,22,24H,8-15,17H2,1-5H3,(H,31,36)(H,32,35,37)/t20?,22?,24-/m0/s1. The molecule has 4 amide bonds. The highest BCUT2D eigenvalue weighted by Gasteiger charge is 2.38. The highest BCUT2D eigenvalue weighted by molar-refractivity contribution is 6.03. The SMILES string of the molecule is CC(C)N(CC1CCN(C(=O)OC(C)(C)C)CC1)C1CC(Oc2ccc(C(=O)N[C@H]3CCC(=O)NC3=O)nc2)C1. The number of carbonyl (C=O) groups is 4. The summed E-state index contributed by atoms with van der Waals surface area (Å²) in [5.41, 5.74) is -0.289. The summed E-state index contributed by atoms with van der Waals surface area (Å²) in [6, 6.07) is 3.42. The van der Waals surface area contributed by atoms with Gasteiger partial charge in [0.15, 0.2) is 0 Å². The van der Waals surface area contributed by atoms with Crippen molar-refractivity contribution in [1.82, 2.24) is 25.4 Å². The number of ether oxygens (including phenoxy) is 2. The molecular formula is C29H43N5O6. The van der Waals surface area contributed by atoms with Crippen molar-refractivity contribution in [2.24, 2.45) is 5.92 Å². The minimum atomic E-state index is -0.740. The van der Waals surface area contributed by atoms with E-state index in [0.717, 1.165) is 45.3 Å². The predicted octanol–water partition coefficient (Wildman–Crippen LogP) is 2.88. The van der Waals surface area contributed by atoms with Crippen LogP contribution >= 0.6 is 0 Å². The lowest BCUT2D eigenvalue weighted by Crippen LogP contribution is -2.54. The highest BCUT2D eigenvalue weighted by Crippen LogP contribution is 2.33. The molecule has 0 bridgehead atoms. The van der Waals surface area contributed by atoms with Gasteiger partial charge < -0.3 is 19.7 Å². The van der Waals surface area contributed by atoms with Crippen LogP contribution in [0.15, 0.2) is 18.3 Å². The van der Waals surface area contributed by atoms with Crippen LogP contribution in [0.3, 0.4) is 0 Å². The minimum absolute atomic E-state index is 0.0882. The van der Waals surface area contributed by atoms with E-state index in [9.17, 15) is 19.2 Å². The number of imide groups is 1. The lowest BCUT2D eigenvalue weighted by atomic mass is 9.85. The van der Waals surface area contributed by atoms with Crippen LogP contribution in [0.5, 0.6) is 5.75 Å². The Kier molecular flexibility index (Phi) is 9.33. The first kappa shape index (κ1) is 29.8. The van der Waals surface area contributed by atoms with Gasteiger partial charge in [0.2, 0.25) is 11.8 Å². The van der Waals surface area contributed by atoms with Gasteiger partial charge in [-0.2, -0.15) is 0 Å². The lowest BCUT2D eigenvalue weighted by Gasteiger charge is -2.46. The zero-order valence-corrected chi connectivity index (χ0v) is 24.3. The molecule has 3 fully saturated rings. The fourth-order valence-electron chi connectivity index (χ4n) is 5.45. The molecular weight excluding hydrogens is 514 g/mol. The van der Waals surface area contributed by atoms with Gasteiger partial charge in [0.05, 0.1) is 6.20 Å². The Hall–Kier alpha value is -3.21. The normalized spacial score (nSPS) is 24.0. The summed E-state index contributed by atoms with van der Waals surface area (Å²) in [5.74, 6) is -0.138. The first-order valence-electron chi connectivity index (χ1n) is 14.4. The number of piperidine rings is 2. The fraction of sp³-hybridized carbons (Fsp3) is 0.690. The van der Waals surface area contributed by atoms with Crippen molar-refractivity contribution in [2.45, 2.75) is 103 Å². The summed E-state index contributed by atoms with van der Waals surface area (Å²) in [6.45, 7) is 12.6. The van der Waals surface area contributed by atoms with Gasteiger partial charge in [0, 0.05) is 51.0 Å². The molecule has 11 nitrogen and oxygen atoms in total. The van der Waals surface area contributed by atoms with Crippen molar-refractivity contribution in [1.29, 1.82) is 0 Å². The van der Waals surface area contributed by atoms with Crippen molar-refractivity contribution in [2.75, 3.05) is 19.6 Å². The van der Waals surface area contributed by atoms with Crippen LogP contribution in [0, 0.1) is 5.92 Å². The molecule has 3 aliphatic rings. The largest absolute Gasteiger partial charge is 0.489 e. The van der Waals surface area contributed by atoms with E-state index in [1.165, 1.54) is 6.20 Å². The molecule has 2 N–H and O–H groups in total. The molecule has 2 saturated heterocycles. The Bertz CT molecular complexity index is 1070. The van der Waals surface area contributed by atoms with Crippen molar-refractivity contribution >= 4 is 23.8 Å². The van der Waals surface area contributed by atoms with E-state index in [1.807, 2.05) is 25.7 Å². The van der Waals surface area contributed by atoms with Crippen molar-refractivity contribution in [3.05, 3.63) is 24.0 Å². The molecule has 0 unspecified atom stereocenters. The smallest absolute Gasteiger partial charge is 0.410 e. The van der Waals surface area contributed by atoms with Crippen LogP contribution in [0.2, 0.25) is 0 Å². The first-order valence-corrected chi connectivity index (χ1v) is 14.4. The molecule has 0 radical (unpaired) electrons. The van der Waals surface area contributed by atoms with E-state index in [2.05, 4.69) is 34.4 Å². The zero-order valence-electron chi connectivity index (χ0n) is 24.3. The molecule has 11 heteroatoms. The Morgan fingerprint density at radius 3 is 2.42 bits per heavy atom. The van der Waals surface area contributed by atoms with E-state index < -0.39 is 23.5 Å². The number of nitrogens with zero attached hydrogens (tertiary/aromatic N) is 3. The van der Waals surface area contributed by atoms with Crippen LogP contribution < -0.4 is 15.4 Å². The van der Waals surface area contributed by atoms with E-state index in [1.54, 1.807) is 12.1 Å². The summed E-state index contributed by atoms with van der Waals surface area (Å²) < 4.78 is 11.6. The number of pyridine rings is 1. The molecule has 220 valence electrons. The van der Waals surface area contributed by atoms with Crippen LogP contribution in [-0.4, -0.2) is 88.1 Å². The Balaban J connectivity index is 1.20. The topological polar surface area (TPSA) is 130 Å². The Labute approximate surface area is 236 Å². The van der Waals surface area contributed by atoms with Crippen LogP contribution in [-0.2, 0) is 14.3 Å². The molecule has 1 aromatic heterocycles. The Morgan fingerprint density at radius 2 is 1.85 bits per heavy atom. The van der Waals surface area contributed by atoms with E-state index >= 15 is 0 Å². The van der Waals surface area contributed by atoms with Gasteiger partial charge in [-0.15, -0.1) is 0 Å². The number of rotatable bonds is 8. The second-order valence-electron chi connectivity index (χ2n) is 12.4. The average molecular weight is 558 g/mol. The number of hydrogen-bond donors (Lipinski definition) is 2. The minimum Gasteiger partial charge on any atom is -0.489 e. The third-order valence-corrected chi connectivity index (χ3v) is 7.75. The summed E-state index contributed by atoms with van der Waals surface area (Å²) in [4.78, 5) is 56.6. The van der Waals surface area contributed by atoms with Crippen LogP contribution in [0.25, 0.3) is 0 Å². The molecule has 1 atom stereocenters. The number of carbonyl (C=O) groups excluding carboxylic acids is 4. The van der Waals surface area contributed by atoms with E-state index in [0.29, 0.717) is 23.8 Å². The van der Waals surface area contributed by atoms with Crippen molar-refractivity contribution in [3.63, 3.8) is 0 Å². The molecule has 4 rings (SSSR count). The molecule has 1 aliphatic carbocycles. The van der Waals surface area contributed by atoms with Gasteiger partial charge in [-0.3, -0.25) is 24.6 Å². The molecule has 40 heavy (non-hydrogen) atoms. The maximum Gasteiger partial charge on any atom is 0.410 e. The summed E-state index contributed by atoms with van der Waals surface area (Å²) in [5, 5.41) is 4.86. The highest BCUT2D eigenvalue weighted by atomic mass is 16.6. The van der Waals surface area contributed by atoms with Crippen LogP contribution in [0.4, 0.5) is 4.79 Å². The molecule has 3 heterocycles. The lowest BCUT2D eigenvalue weighted by molar-refractivity contribution is -0.134. The Morgan fingerprint density at radius 1 is 1.15 bits per heavy atom. The second-order valence-corrected chi connectivity index (χ2v) is 12.4. The number of amides is 4. The summed E-state index contributed by atoms with van der Waals surface area (Å²) in [7, 11) is 0. The number of hydrogen-bond acceptors (Lipinski definition) is 8. The van der Waals surface area contributed by atoms with Gasteiger partial charge in [-0.05, 0) is 71.9 Å². The third-order valence-electron chi connectivity index (χ3n) is 7.75. The van der Waals surface area contributed by atoms with Gasteiger partial charge in [-0.1, -0.05) is 0 Å². The fourth-order valence-corrected chi connectivity index (χ4v) is 5.45. The van der Waals surface area contributed by atoms with Crippen LogP contribution in [0.1, 0.15) is 83.6 Å². The van der Waals surface area contributed by atoms with Crippen molar-refractivity contribution < 1.29 is 28.7 Å². The maximum absolute atomic E-state index is 12.5. The van der Waals surface area contributed by atoms with Gasteiger partial charge in [0.25, 0.3) is 5.91 Å². The van der Waals surface area contributed by atoms with Gasteiger partial charge >= 0.3 is 6.09 Å². The molecule has 1 saturated carbocycles. The first-order chi connectivity index (χ1) is 18.9. The van der Waals surface area contributed by atoms with Gasteiger partial charge in [-0.25, -0.2) is 9.78 Å². The van der Waals surface area contributed by atoms with E-state index in [-0.39, 0.29) is 36.6 Å². The zero-order chi connectivity index (χ0) is 29.0.